The number of benzene rings is 2. The summed E-state index contributed by atoms with van der Waals surface area (Å²) >= 11 is 0. The smallest absolute Gasteiger partial charge is 0.310 e. The Morgan fingerprint density at radius 1 is 1.04 bits per heavy atom. The van der Waals surface area contributed by atoms with Gasteiger partial charge in [-0.25, -0.2) is 8.78 Å². The van der Waals surface area contributed by atoms with Crippen LogP contribution in [0.1, 0.15) is 30.7 Å². The van der Waals surface area contributed by atoms with Gasteiger partial charge in [0.1, 0.15) is 11.6 Å². The number of carbonyl (C=O) groups is 1. The van der Waals surface area contributed by atoms with E-state index in [4.69, 9.17) is 4.74 Å². The largest absolute Gasteiger partial charge is 0.469 e. The first-order valence-corrected chi connectivity index (χ1v) is 9.34. The SMILES string of the molecule is COC(=O)C1C(c2ccc(-c3cc(F)cc(F)c3)cc2)CC2CCC1N2C. The first-order chi connectivity index (χ1) is 13.0. The Kier molecular flexibility index (Phi) is 4.72. The third-order valence-electron chi connectivity index (χ3n) is 6.28. The lowest BCUT2D eigenvalue weighted by atomic mass is 9.76. The average Bonchev–Trinajstić information content (AvgIpc) is 2.89. The molecule has 0 spiro atoms. The van der Waals surface area contributed by atoms with Gasteiger partial charge in [-0.15, -0.1) is 0 Å². The summed E-state index contributed by atoms with van der Waals surface area (Å²) in [6.07, 6.45) is 3.03. The Hall–Kier alpha value is -2.27. The summed E-state index contributed by atoms with van der Waals surface area (Å²) in [6, 6.07) is 11.9. The number of methoxy groups -OCH3 is 1. The first kappa shape index (κ1) is 18.1. The van der Waals surface area contributed by atoms with Gasteiger partial charge in [0.05, 0.1) is 13.0 Å². The highest BCUT2D eigenvalue weighted by molar-refractivity contribution is 5.75. The number of carbonyl (C=O) groups excluding carboxylic acids is 1. The number of hydrogen-bond acceptors (Lipinski definition) is 3. The van der Waals surface area contributed by atoms with Crippen LogP contribution in [0.15, 0.2) is 42.5 Å². The molecule has 4 unspecified atom stereocenters. The molecule has 0 aromatic heterocycles. The summed E-state index contributed by atoms with van der Waals surface area (Å²) in [6.45, 7) is 0. The van der Waals surface area contributed by atoms with Crippen LogP contribution in [0.4, 0.5) is 8.78 Å². The number of esters is 1. The fraction of sp³-hybridized carbons (Fsp3) is 0.409. The molecule has 3 nitrogen and oxygen atoms in total. The number of nitrogens with zero attached hydrogens (tertiary/aromatic N) is 1. The Labute approximate surface area is 157 Å². The van der Waals surface area contributed by atoms with Crippen molar-refractivity contribution >= 4 is 5.97 Å². The Morgan fingerprint density at radius 3 is 2.33 bits per heavy atom. The Bertz CT molecular complexity index is 832. The summed E-state index contributed by atoms with van der Waals surface area (Å²) in [4.78, 5) is 14.8. The fourth-order valence-electron chi connectivity index (χ4n) is 4.91. The summed E-state index contributed by atoms with van der Waals surface area (Å²) in [5.41, 5.74) is 2.34. The van der Waals surface area contributed by atoms with Crippen LogP contribution in [0, 0.1) is 17.6 Å². The molecule has 27 heavy (non-hydrogen) atoms. The maximum atomic E-state index is 13.5. The molecule has 142 valence electrons. The molecule has 2 aromatic rings. The normalized spacial score (nSPS) is 27.6. The molecule has 2 aliphatic rings. The van der Waals surface area contributed by atoms with Crippen molar-refractivity contribution < 1.29 is 18.3 Å². The van der Waals surface area contributed by atoms with E-state index >= 15 is 0 Å². The van der Waals surface area contributed by atoms with E-state index in [1.807, 2.05) is 24.3 Å². The van der Waals surface area contributed by atoms with Crippen LogP contribution < -0.4 is 0 Å². The predicted molar refractivity (Wildman–Crippen MR) is 99.2 cm³/mol. The van der Waals surface area contributed by atoms with Crippen LogP contribution in [0.25, 0.3) is 11.1 Å². The van der Waals surface area contributed by atoms with Crippen LogP contribution in [0.2, 0.25) is 0 Å². The highest BCUT2D eigenvalue weighted by Crippen LogP contribution is 2.46. The molecule has 2 heterocycles. The molecule has 2 fully saturated rings. The molecule has 2 aromatic carbocycles. The van der Waals surface area contributed by atoms with Crippen molar-refractivity contribution in [2.75, 3.05) is 14.2 Å². The van der Waals surface area contributed by atoms with Gasteiger partial charge in [-0.1, -0.05) is 24.3 Å². The zero-order chi connectivity index (χ0) is 19.1. The van der Waals surface area contributed by atoms with Crippen molar-refractivity contribution in [3.05, 3.63) is 59.7 Å². The molecule has 4 atom stereocenters. The van der Waals surface area contributed by atoms with Gasteiger partial charge in [0.2, 0.25) is 0 Å². The molecule has 2 aliphatic heterocycles. The quantitative estimate of drug-likeness (QED) is 0.751. The van der Waals surface area contributed by atoms with E-state index in [9.17, 15) is 13.6 Å². The molecule has 0 aliphatic carbocycles. The second-order valence-electron chi connectivity index (χ2n) is 7.64. The van der Waals surface area contributed by atoms with Gasteiger partial charge in [0.25, 0.3) is 0 Å². The summed E-state index contributed by atoms with van der Waals surface area (Å²) in [5, 5.41) is 0. The van der Waals surface area contributed by atoms with Gasteiger partial charge in [0.15, 0.2) is 0 Å². The van der Waals surface area contributed by atoms with Crippen molar-refractivity contribution in [1.29, 1.82) is 0 Å². The van der Waals surface area contributed by atoms with Crippen LogP contribution in [0.5, 0.6) is 0 Å². The first-order valence-electron chi connectivity index (χ1n) is 9.34. The second-order valence-corrected chi connectivity index (χ2v) is 7.64. The third kappa shape index (κ3) is 3.25. The number of ether oxygens (including phenoxy) is 1. The van der Waals surface area contributed by atoms with Gasteiger partial charge in [0, 0.05) is 24.1 Å². The number of piperidine rings is 1. The molecule has 5 heteroatoms. The summed E-state index contributed by atoms with van der Waals surface area (Å²) < 4.78 is 32.1. The lowest BCUT2D eigenvalue weighted by Crippen LogP contribution is -2.49. The summed E-state index contributed by atoms with van der Waals surface area (Å²) in [7, 11) is 3.54. The molecule has 0 amide bonds. The van der Waals surface area contributed by atoms with E-state index in [2.05, 4.69) is 11.9 Å². The maximum absolute atomic E-state index is 13.5. The topological polar surface area (TPSA) is 29.5 Å². The highest BCUT2D eigenvalue weighted by atomic mass is 19.1. The fourth-order valence-corrected chi connectivity index (χ4v) is 4.91. The van der Waals surface area contributed by atoms with Gasteiger partial charge < -0.3 is 4.74 Å². The van der Waals surface area contributed by atoms with Gasteiger partial charge in [-0.2, -0.15) is 0 Å². The van der Waals surface area contributed by atoms with E-state index in [0.717, 1.165) is 36.5 Å². The molecule has 2 saturated heterocycles. The van der Waals surface area contributed by atoms with E-state index in [0.29, 0.717) is 11.6 Å². The number of rotatable bonds is 3. The monoisotopic (exact) mass is 371 g/mol. The van der Waals surface area contributed by atoms with Crippen molar-refractivity contribution in [2.24, 2.45) is 5.92 Å². The summed E-state index contributed by atoms with van der Waals surface area (Å²) in [5.74, 6) is -1.42. The highest BCUT2D eigenvalue weighted by Gasteiger charge is 2.49. The molecule has 0 saturated carbocycles. The van der Waals surface area contributed by atoms with Crippen molar-refractivity contribution in [3.63, 3.8) is 0 Å². The van der Waals surface area contributed by atoms with Crippen LogP contribution in [0.3, 0.4) is 0 Å². The van der Waals surface area contributed by atoms with E-state index in [-0.39, 0.29) is 23.8 Å². The van der Waals surface area contributed by atoms with Gasteiger partial charge in [-0.05, 0) is 55.1 Å². The van der Waals surface area contributed by atoms with E-state index < -0.39 is 11.6 Å². The molecule has 0 N–H and O–H groups in total. The van der Waals surface area contributed by atoms with Gasteiger partial charge in [-0.3, -0.25) is 9.69 Å². The van der Waals surface area contributed by atoms with Crippen molar-refractivity contribution in [3.8, 4) is 11.1 Å². The molecular formula is C22H23F2NO2. The molecule has 4 rings (SSSR count). The average molecular weight is 371 g/mol. The maximum Gasteiger partial charge on any atom is 0.310 e. The zero-order valence-electron chi connectivity index (χ0n) is 15.5. The minimum atomic E-state index is -0.591. The number of halogens is 2. The van der Waals surface area contributed by atoms with E-state index in [1.54, 1.807) is 0 Å². The number of fused-ring (bicyclic) bond motifs is 2. The lowest BCUT2D eigenvalue weighted by Gasteiger charge is -2.41. The zero-order valence-corrected chi connectivity index (χ0v) is 15.5. The molecular weight excluding hydrogens is 348 g/mol. The predicted octanol–water partition coefficient (Wildman–Crippen LogP) is 4.37. The van der Waals surface area contributed by atoms with Crippen molar-refractivity contribution in [1.82, 2.24) is 4.90 Å². The minimum Gasteiger partial charge on any atom is -0.469 e. The minimum absolute atomic E-state index is 0.101. The van der Waals surface area contributed by atoms with Crippen LogP contribution in [-0.4, -0.2) is 37.1 Å². The second kappa shape index (κ2) is 7.04. The standard InChI is InChI=1S/C22H23F2NO2/c1-25-18-7-8-20(25)21(22(26)27-2)19(12-18)14-5-3-13(4-6-14)15-9-16(23)11-17(24)10-15/h3-6,9-11,18-21H,7-8,12H2,1-2H3. The lowest BCUT2D eigenvalue weighted by molar-refractivity contribution is -0.150. The number of hydrogen-bond donors (Lipinski definition) is 0. The molecule has 0 radical (unpaired) electrons. The third-order valence-corrected chi connectivity index (χ3v) is 6.28. The Balaban J connectivity index is 1.65. The van der Waals surface area contributed by atoms with E-state index in [1.165, 1.54) is 19.2 Å². The Morgan fingerprint density at radius 2 is 1.70 bits per heavy atom. The molecule has 2 bridgehead atoms. The van der Waals surface area contributed by atoms with Crippen molar-refractivity contribution in [2.45, 2.75) is 37.3 Å². The van der Waals surface area contributed by atoms with Crippen LogP contribution >= 0.6 is 0 Å². The van der Waals surface area contributed by atoms with Crippen LogP contribution in [-0.2, 0) is 9.53 Å². The van der Waals surface area contributed by atoms with Gasteiger partial charge >= 0.3 is 5.97 Å².